The fourth-order valence-corrected chi connectivity index (χ4v) is 4.27. The van der Waals surface area contributed by atoms with Crippen LogP contribution < -0.4 is 5.32 Å². The standard InChI is InChI=1S/C25H32N4O7.ClH/c1-5-27(6-2)13-19(30)26-21(15(3)4)25(35)36-14-28-20(31)12-11-18(24(28)34)29-22(32)16-9-7-8-10-17(16)23(29)33;/h7-10,15,18,21H,5-6,11-14H2,1-4H3,(H,26,30);1H/t18-,21?;/m0./s1. The average Bonchev–Trinajstić information content (AvgIpc) is 3.10. The van der Waals surface area contributed by atoms with Crippen LogP contribution in [0.15, 0.2) is 24.3 Å². The molecule has 1 aromatic rings. The Labute approximate surface area is 221 Å². The van der Waals surface area contributed by atoms with E-state index in [0.29, 0.717) is 13.1 Å². The number of nitrogens with zero attached hydrogens (tertiary/aromatic N) is 3. The van der Waals surface area contributed by atoms with Crippen LogP contribution in [0.2, 0.25) is 0 Å². The molecule has 202 valence electrons. The van der Waals surface area contributed by atoms with Crippen LogP contribution in [0.4, 0.5) is 0 Å². The van der Waals surface area contributed by atoms with Gasteiger partial charge in [-0.1, -0.05) is 39.8 Å². The Morgan fingerprint density at radius 3 is 2.14 bits per heavy atom. The number of halogens is 1. The molecule has 0 spiro atoms. The van der Waals surface area contributed by atoms with Crippen LogP contribution in [-0.2, 0) is 23.9 Å². The number of likely N-dealkylation sites (N-methyl/N-ethyl adjacent to an activating group) is 1. The number of hydrogen-bond acceptors (Lipinski definition) is 8. The predicted octanol–water partition coefficient (Wildman–Crippen LogP) is 1.21. The third-order valence-corrected chi connectivity index (χ3v) is 6.46. The van der Waals surface area contributed by atoms with Crippen molar-refractivity contribution >= 4 is 47.9 Å². The zero-order valence-electron chi connectivity index (χ0n) is 21.4. The average molecular weight is 537 g/mol. The number of rotatable bonds is 10. The molecule has 3 rings (SSSR count). The van der Waals surface area contributed by atoms with Gasteiger partial charge in [-0.05, 0) is 37.6 Å². The minimum Gasteiger partial charge on any atom is -0.442 e. The second kappa shape index (κ2) is 12.8. The number of imide groups is 2. The Hall–Kier alpha value is -3.31. The number of benzene rings is 1. The number of piperidine rings is 1. The number of fused-ring (bicyclic) bond motifs is 1. The summed E-state index contributed by atoms with van der Waals surface area (Å²) in [6, 6.07) is 4.11. The summed E-state index contributed by atoms with van der Waals surface area (Å²) in [7, 11) is 0. The number of amides is 5. The quantitative estimate of drug-likeness (QED) is 0.348. The van der Waals surface area contributed by atoms with Gasteiger partial charge in [0.2, 0.25) is 11.8 Å². The highest BCUT2D eigenvalue weighted by atomic mass is 35.5. The monoisotopic (exact) mass is 536 g/mol. The highest BCUT2D eigenvalue weighted by molar-refractivity contribution is 6.23. The Bertz CT molecular complexity index is 1040. The lowest BCUT2D eigenvalue weighted by Gasteiger charge is -2.34. The summed E-state index contributed by atoms with van der Waals surface area (Å²) in [4.78, 5) is 79.9. The summed E-state index contributed by atoms with van der Waals surface area (Å²) in [6.07, 6.45) is -0.112. The second-order valence-electron chi connectivity index (χ2n) is 9.08. The highest BCUT2D eigenvalue weighted by Gasteiger charge is 2.47. The summed E-state index contributed by atoms with van der Waals surface area (Å²) in [5.74, 6) is -4.01. The molecule has 1 aromatic carbocycles. The van der Waals surface area contributed by atoms with Gasteiger partial charge >= 0.3 is 5.97 Å². The Morgan fingerprint density at radius 2 is 1.62 bits per heavy atom. The van der Waals surface area contributed by atoms with Crippen LogP contribution in [-0.4, -0.2) is 88.7 Å². The number of hydrogen-bond donors (Lipinski definition) is 1. The Kier molecular flexibility index (Phi) is 10.3. The molecule has 0 aromatic heterocycles. The summed E-state index contributed by atoms with van der Waals surface area (Å²) >= 11 is 0. The minimum atomic E-state index is -1.18. The van der Waals surface area contributed by atoms with Crippen LogP contribution in [0.1, 0.15) is 61.3 Å². The summed E-state index contributed by atoms with van der Waals surface area (Å²) in [5.41, 5.74) is 0.399. The van der Waals surface area contributed by atoms with Gasteiger partial charge in [-0.3, -0.25) is 33.8 Å². The van der Waals surface area contributed by atoms with Gasteiger partial charge in [-0.25, -0.2) is 9.69 Å². The lowest BCUT2D eigenvalue weighted by molar-refractivity contribution is -0.166. The molecular formula is C25H33ClN4O7. The first-order chi connectivity index (χ1) is 17.1. The van der Waals surface area contributed by atoms with E-state index in [1.54, 1.807) is 26.0 Å². The molecule has 0 aliphatic carbocycles. The highest BCUT2D eigenvalue weighted by Crippen LogP contribution is 2.29. The van der Waals surface area contributed by atoms with Gasteiger partial charge < -0.3 is 10.1 Å². The first kappa shape index (κ1) is 29.9. The van der Waals surface area contributed by atoms with Crippen LogP contribution in [0, 0.1) is 5.92 Å². The zero-order chi connectivity index (χ0) is 26.6. The van der Waals surface area contributed by atoms with Gasteiger partial charge in [0.15, 0.2) is 6.73 Å². The van der Waals surface area contributed by atoms with E-state index < -0.39 is 48.4 Å². The normalized spacial score (nSPS) is 18.2. The van der Waals surface area contributed by atoms with E-state index in [1.165, 1.54) is 12.1 Å². The summed E-state index contributed by atoms with van der Waals surface area (Å²) in [5, 5.41) is 2.66. The molecule has 1 unspecified atom stereocenters. The van der Waals surface area contributed by atoms with E-state index in [-0.39, 0.29) is 54.7 Å². The molecule has 0 saturated carbocycles. The van der Waals surface area contributed by atoms with Crippen molar-refractivity contribution in [1.82, 2.24) is 20.0 Å². The second-order valence-corrected chi connectivity index (χ2v) is 9.08. The van der Waals surface area contributed by atoms with Gasteiger partial charge in [0, 0.05) is 6.42 Å². The fraction of sp³-hybridized carbons (Fsp3) is 0.520. The van der Waals surface area contributed by atoms with Crippen LogP contribution >= 0.6 is 12.4 Å². The van der Waals surface area contributed by atoms with E-state index in [4.69, 9.17) is 4.74 Å². The fourth-order valence-electron chi connectivity index (χ4n) is 4.27. The van der Waals surface area contributed by atoms with Gasteiger partial charge in [0.1, 0.15) is 12.1 Å². The smallest absolute Gasteiger partial charge is 0.330 e. The molecule has 37 heavy (non-hydrogen) atoms. The number of esters is 1. The first-order valence-electron chi connectivity index (χ1n) is 12.1. The molecule has 1 fully saturated rings. The lowest BCUT2D eigenvalue weighted by Crippen LogP contribution is -2.57. The van der Waals surface area contributed by atoms with E-state index in [0.717, 1.165) is 9.80 Å². The number of ether oxygens (including phenoxy) is 1. The van der Waals surface area contributed by atoms with Crippen molar-refractivity contribution in [2.24, 2.45) is 5.92 Å². The molecule has 2 aliphatic rings. The number of carbonyl (C=O) groups is 6. The molecule has 12 heteroatoms. The van der Waals surface area contributed by atoms with Crippen molar-refractivity contribution in [2.75, 3.05) is 26.4 Å². The van der Waals surface area contributed by atoms with Gasteiger partial charge in [-0.15, -0.1) is 12.4 Å². The Balaban J connectivity index is 0.00000481. The molecule has 2 atom stereocenters. The topological polar surface area (TPSA) is 133 Å². The van der Waals surface area contributed by atoms with E-state index in [2.05, 4.69) is 5.32 Å². The molecule has 5 amide bonds. The maximum absolute atomic E-state index is 13.1. The third-order valence-electron chi connectivity index (χ3n) is 6.46. The molecular weight excluding hydrogens is 504 g/mol. The molecule has 0 radical (unpaired) electrons. The molecule has 1 N–H and O–H groups in total. The molecule has 2 aliphatic heterocycles. The molecule has 2 heterocycles. The first-order valence-corrected chi connectivity index (χ1v) is 12.1. The van der Waals surface area contributed by atoms with Gasteiger partial charge in [-0.2, -0.15) is 0 Å². The van der Waals surface area contributed by atoms with Crippen molar-refractivity contribution in [3.05, 3.63) is 35.4 Å². The van der Waals surface area contributed by atoms with Crippen molar-refractivity contribution in [3.8, 4) is 0 Å². The van der Waals surface area contributed by atoms with E-state index in [9.17, 15) is 28.8 Å². The third kappa shape index (κ3) is 6.34. The van der Waals surface area contributed by atoms with Crippen molar-refractivity contribution in [3.63, 3.8) is 0 Å². The molecule has 11 nitrogen and oxygen atoms in total. The van der Waals surface area contributed by atoms with Crippen LogP contribution in [0.25, 0.3) is 0 Å². The van der Waals surface area contributed by atoms with E-state index >= 15 is 0 Å². The van der Waals surface area contributed by atoms with Crippen molar-refractivity contribution in [2.45, 2.75) is 52.6 Å². The maximum Gasteiger partial charge on any atom is 0.330 e. The molecule has 1 saturated heterocycles. The Morgan fingerprint density at radius 1 is 1.05 bits per heavy atom. The van der Waals surface area contributed by atoms with Gasteiger partial charge in [0.05, 0.1) is 17.7 Å². The maximum atomic E-state index is 13.1. The lowest BCUT2D eigenvalue weighted by atomic mass is 10.0. The number of carbonyl (C=O) groups excluding carboxylic acids is 6. The summed E-state index contributed by atoms with van der Waals surface area (Å²) in [6.45, 7) is 8.11. The zero-order valence-corrected chi connectivity index (χ0v) is 22.2. The van der Waals surface area contributed by atoms with Crippen molar-refractivity contribution in [1.29, 1.82) is 0 Å². The van der Waals surface area contributed by atoms with Crippen LogP contribution in [0.5, 0.6) is 0 Å². The minimum absolute atomic E-state index is 0. The largest absolute Gasteiger partial charge is 0.442 e. The SMILES string of the molecule is CCN(CC)CC(=O)NC(C(=O)OCN1C(=O)CC[C@H](N2C(=O)c3ccccc3C2=O)C1=O)C(C)C.Cl. The summed E-state index contributed by atoms with van der Waals surface area (Å²) < 4.78 is 5.26. The predicted molar refractivity (Wildman–Crippen MR) is 135 cm³/mol. The van der Waals surface area contributed by atoms with E-state index in [1.807, 2.05) is 18.7 Å². The van der Waals surface area contributed by atoms with Crippen molar-refractivity contribution < 1.29 is 33.5 Å². The number of nitrogens with one attached hydrogen (secondary N) is 1. The number of likely N-dealkylation sites (tertiary alicyclic amines) is 1. The van der Waals surface area contributed by atoms with Crippen LogP contribution in [0.3, 0.4) is 0 Å². The van der Waals surface area contributed by atoms with Gasteiger partial charge in [0.25, 0.3) is 17.7 Å². The molecule has 0 bridgehead atoms.